The zero-order chi connectivity index (χ0) is 16.2. The van der Waals surface area contributed by atoms with Crippen LogP contribution in [0.5, 0.6) is 5.75 Å². The lowest BCUT2D eigenvalue weighted by Crippen LogP contribution is -1.97. The number of benzene rings is 2. The fraction of sp³-hybridized carbons (Fsp3) is 0.150. The summed E-state index contributed by atoms with van der Waals surface area (Å²) in [5.74, 6) is 1.08. The van der Waals surface area contributed by atoms with Gasteiger partial charge in [-0.2, -0.15) is 0 Å². The van der Waals surface area contributed by atoms with Crippen molar-refractivity contribution in [2.24, 2.45) is 0 Å². The molecular weight excluding hydrogens is 288 g/mol. The van der Waals surface area contributed by atoms with Gasteiger partial charge in [0.2, 0.25) is 0 Å². The Labute approximate surface area is 135 Å². The summed E-state index contributed by atoms with van der Waals surface area (Å²) in [5, 5.41) is 0. The van der Waals surface area contributed by atoms with Crippen LogP contribution in [0.15, 0.2) is 60.2 Å². The first-order valence-corrected chi connectivity index (χ1v) is 7.61. The molecule has 1 aliphatic rings. The number of esters is 1. The van der Waals surface area contributed by atoms with Crippen LogP contribution < -0.4 is 4.74 Å². The molecule has 0 N–H and O–H groups in total. The molecule has 0 amide bonds. The van der Waals surface area contributed by atoms with E-state index in [9.17, 15) is 4.79 Å². The van der Waals surface area contributed by atoms with Gasteiger partial charge in [-0.15, -0.1) is 0 Å². The van der Waals surface area contributed by atoms with Crippen molar-refractivity contribution >= 4 is 17.8 Å². The zero-order valence-electron chi connectivity index (χ0n) is 13.2. The Hall–Kier alpha value is -2.81. The van der Waals surface area contributed by atoms with Gasteiger partial charge >= 0.3 is 5.97 Å². The molecule has 0 bridgehead atoms. The number of hydrogen-bond acceptors (Lipinski definition) is 3. The number of carbonyl (C=O) groups is 1. The van der Waals surface area contributed by atoms with Gasteiger partial charge in [-0.1, -0.05) is 42.0 Å². The molecule has 0 spiro atoms. The smallest absolute Gasteiger partial charge is 0.343 e. The molecule has 1 aliphatic heterocycles. The molecule has 3 heteroatoms. The van der Waals surface area contributed by atoms with Crippen molar-refractivity contribution in [3.63, 3.8) is 0 Å². The minimum absolute atomic E-state index is 0.325. The summed E-state index contributed by atoms with van der Waals surface area (Å²) in [6, 6.07) is 15.5. The minimum Gasteiger partial charge on any atom is -0.494 e. The molecule has 1 heterocycles. The summed E-state index contributed by atoms with van der Waals surface area (Å²) >= 11 is 0. The van der Waals surface area contributed by atoms with E-state index >= 15 is 0 Å². The Balaban J connectivity index is 1.84. The molecule has 0 saturated heterocycles. The highest BCUT2D eigenvalue weighted by Crippen LogP contribution is 2.27. The normalized spacial score (nSPS) is 15.5. The third-order valence-corrected chi connectivity index (χ3v) is 3.57. The molecule has 2 aromatic rings. The second-order valence-electron chi connectivity index (χ2n) is 5.37. The minimum atomic E-state index is -0.325. The maximum absolute atomic E-state index is 12.0. The van der Waals surface area contributed by atoms with Gasteiger partial charge in [-0.25, -0.2) is 4.79 Å². The number of cyclic esters (lactones) is 1. The lowest BCUT2D eigenvalue weighted by atomic mass is 10.1. The average Bonchev–Trinajstić information content (AvgIpc) is 2.91. The summed E-state index contributed by atoms with van der Waals surface area (Å²) in [4.78, 5) is 12.0. The molecular formula is C20H18O3. The highest BCUT2D eigenvalue weighted by molar-refractivity contribution is 6.05. The topological polar surface area (TPSA) is 35.5 Å². The van der Waals surface area contributed by atoms with Crippen LogP contribution in [0.3, 0.4) is 0 Å². The van der Waals surface area contributed by atoms with E-state index in [1.165, 1.54) is 5.56 Å². The van der Waals surface area contributed by atoms with E-state index in [-0.39, 0.29) is 5.97 Å². The molecule has 0 atom stereocenters. The monoisotopic (exact) mass is 306 g/mol. The van der Waals surface area contributed by atoms with E-state index in [2.05, 4.69) is 0 Å². The van der Waals surface area contributed by atoms with Crippen molar-refractivity contribution in [3.05, 3.63) is 76.9 Å². The molecule has 2 aromatic carbocycles. The Morgan fingerprint density at radius 2 is 1.74 bits per heavy atom. The van der Waals surface area contributed by atoms with E-state index in [0.717, 1.165) is 16.9 Å². The van der Waals surface area contributed by atoms with Gasteiger partial charge in [0, 0.05) is 5.56 Å². The first-order chi connectivity index (χ1) is 11.2. The van der Waals surface area contributed by atoms with Crippen LogP contribution >= 0.6 is 0 Å². The molecule has 3 rings (SSSR count). The molecule has 0 unspecified atom stereocenters. The standard InChI is InChI=1S/C20H18O3/c1-3-22-18-10-6-15(7-11-18)12-17-13-19(23-20(17)21)16-8-4-14(2)5-9-16/h4-13H,3H2,1-2H3/b17-12+. The van der Waals surface area contributed by atoms with Crippen molar-refractivity contribution in [2.45, 2.75) is 13.8 Å². The van der Waals surface area contributed by atoms with E-state index in [0.29, 0.717) is 17.9 Å². The van der Waals surface area contributed by atoms with Crippen LogP contribution in [-0.2, 0) is 9.53 Å². The predicted octanol–water partition coefficient (Wildman–Crippen LogP) is 4.38. The number of aryl methyl sites for hydroxylation is 1. The first kappa shape index (κ1) is 15.1. The molecule has 0 saturated carbocycles. The third-order valence-electron chi connectivity index (χ3n) is 3.57. The van der Waals surface area contributed by atoms with Crippen molar-refractivity contribution in [1.29, 1.82) is 0 Å². The first-order valence-electron chi connectivity index (χ1n) is 7.61. The van der Waals surface area contributed by atoms with Gasteiger partial charge in [0.15, 0.2) is 0 Å². The van der Waals surface area contributed by atoms with Crippen LogP contribution in [0.25, 0.3) is 11.8 Å². The van der Waals surface area contributed by atoms with Gasteiger partial charge in [-0.3, -0.25) is 0 Å². The molecule has 0 aliphatic carbocycles. The Bertz CT molecular complexity index is 766. The van der Waals surface area contributed by atoms with Gasteiger partial charge in [0.05, 0.1) is 12.2 Å². The highest BCUT2D eigenvalue weighted by Gasteiger charge is 2.21. The lowest BCUT2D eigenvalue weighted by molar-refractivity contribution is -0.130. The Morgan fingerprint density at radius 3 is 2.39 bits per heavy atom. The maximum Gasteiger partial charge on any atom is 0.343 e. The summed E-state index contributed by atoms with van der Waals surface area (Å²) in [6.45, 7) is 4.60. The lowest BCUT2D eigenvalue weighted by Gasteiger charge is -2.02. The van der Waals surface area contributed by atoms with Crippen molar-refractivity contribution < 1.29 is 14.3 Å². The number of rotatable bonds is 4. The van der Waals surface area contributed by atoms with Crippen LogP contribution in [0.4, 0.5) is 0 Å². The van der Waals surface area contributed by atoms with E-state index < -0.39 is 0 Å². The highest BCUT2D eigenvalue weighted by atomic mass is 16.5. The van der Waals surface area contributed by atoms with Gasteiger partial charge in [-0.05, 0) is 43.7 Å². The Morgan fingerprint density at radius 1 is 1.04 bits per heavy atom. The molecule has 0 fully saturated rings. The van der Waals surface area contributed by atoms with Crippen LogP contribution in [0.1, 0.15) is 23.6 Å². The van der Waals surface area contributed by atoms with Gasteiger partial charge in [0.25, 0.3) is 0 Å². The third kappa shape index (κ3) is 3.51. The number of ether oxygens (including phenoxy) is 2. The average molecular weight is 306 g/mol. The van der Waals surface area contributed by atoms with E-state index in [4.69, 9.17) is 9.47 Å². The molecule has 0 radical (unpaired) electrons. The summed E-state index contributed by atoms with van der Waals surface area (Å²) in [6.07, 6.45) is 3.60. The predicted molar refractivity (Wildman–Crippen MR) is 90.8 cm³/mol. The molecule has 116 valence electrons. The fourth-order valence-electron chi connectivity index (χ4n) is 2.36. The van der Waals surface area contributed by atoms with Crippen molar-refractivity contribution in [1.82, 2.24) is 0 Å². The zero-order valence-corrected chi connectivity index (χ0v) is 13.2. The molecule has 23 heavy (non-hydrogen) atoms. The maximum atomic E-state index is 12.0. The molecule has 3 nitrogen and oxygen atoms in total. The van der Waals surface area contributed by atoms with Gasteiger partial charge in [0.1, 0.15) is 11.5 Å². The molecule has 0 aromatic heterocycles. The van der Waals surface area contributed by atoms with Crippen LogP contribution in [0.2, 0.25) is 0 Å². The second-order valence-corrected chi connectivity index (χ2v) is 5.37. The number of hydrogen-bond donors (Lipinski definition) is 0. The second kappa shape index (κ2) is 6.53. The fourth-order valence-corrected chi connectivity index (χ4v) is 2.36. The van der Waals surface area contributed by atoms with Gasteiger partial charge < -0.3 is 9.47 Å². The Kier molecular flexibility index (Phi) is 4.29. The number of carbonyl (C=O) groups excluding carboxylic acids is 1. The largest absolute Gasteiger partial charge is 0.494 e. The van der Waals surface area contributed by atoms with E-state index in [1.807, 2.05) is 68.5 Å². The quantitative estimate of drug-likeness (QED) is 0.621. The van der Waals surface area contributed by atoms with Crippen LogP contribution in [-0.4, -0.2) is 12.6 Å². The van der Waals surface area contributed by atoms with Crippen molar-refractivity contribution in [3.8, 4) is 5.75 Å². The van der Waals surface area contributed by atoms with Crippen LogP contribution in [0, 0.1) is 6.92 Å². The summed E-state index contributed by atoms with van der Waals surface area (Å²) < 4.78 is 10.8. The SMILES string of the molecule is CCOc1ccc(/C=C2\C=C(c3ccc(C)cc3)OC2=O)cc1. The van der Waals surface area contributed by atoms with Crippen molar-refractivity contribution in [2.75, 3.05) is 6.61 Å². The summed E-state index contributed by atoms with van der Waals surface area (Å²) in [7, 11) is 0. The summed E-state index contributed by atoms with van der Waals surface area (Å²) in [5.41, 5.74) is 3.55. The van der Waals surface area contributed by atoms with E-state index in [1.54, 1.807) is 6.08 Å².